The Balaban J connectivity index is 2.18. The number of rotatable bonds is 0. The Morgan fingerprint density at radius 2 is 2.16 bits per heavy atom. The highest BCUT2D eigenvalue weighted by Gasteiger charge is 2.08. The number of thioether (sulfide) groups is 1. The first-order valence-electron chi connectivity index (χ1n) is 6.00. The Morgan fingerprint density at radius 3 is 3.11 bits per heavy atom. The summed E-state index contributed by atoms with van der Waals surface area (Å²) < 4.78 is 0. The fraction of sp³-hybridized carbons (Fsp3) is 0.0625. The molecule has 0 aliphatic carbocycles. The molecule has 3 heteroatoms. The van der Waals surface area contributed by atoms with Crippen LogP contribution in [0.3, 0.4) is 0 Å². The van der Waals surface area contributed by atoms with Crippen molar-refractivity contribution in [2.24, 2.45) is 9.98 Å². The van der Waals surface area contributed by atoms with Gasteiger partial charge in [0, 0.05) is 15.7 Å². The number of hydrogen-bond acceptors (Lipinski definition) is 3. The molecule has 0 saturated carbocycles. The molecule has 2 nitrogen and oxygen atoms in total. The Kier molecular flexibility index (Phi) is 3.32. The van der Waals surface area contributed by atoms with E-state index < -0.39 is 0 Å². The van der Waals surface area contributed by atoms with Crippen LogP contribution in [0.1, 0.15) is 0 Å². The van der Waals surface area contributed by atoms with E-state index in [1.54, 1.807) is 17.8 Å². The van der Waals surface area contributed by atoms with Crippen molar-refractivity contribution in [3.63, 3.8) is 0 Å². The quantitative estimate of drug-likeness (QED) is 0.706. The van der Waals surface area contributed by atoms with Crippen molar-refractivity contribution in [1.82, 2.24) is 0 Å². The molecular formula is C16H12N2S. The lowest BCUT2D eigenvalue weighted by Gasteiger charge is -2.03. The minimum absolute atomic E-state index is 0.621. The van der Waals surface area contributed by atoms with E-state index in [4.69, 9.17) is 0 Å². The molecule has 0 fully saturated rings. The summed E-state index contributed by atoms with van der Waals surface area (Å²) in [5.74, 6) is 2.89. The lowest BCUT2D eigenvalue weighted by Crippen LogP contribution is -2.24. The zero-order valence-electron chi connectivity index (χ0n) is 10.3. The van der Waals surface area contributed by atoms with Crippen LogP contribution >= 0.6 is 11.8 Å². The molecule has 0 amide bonds. The van der Waals surface area contributed by atoms with E-state index in [1.165, 1.54) is 0 Å². The van der Waals surface area contributed by atoms with Gasteiger partial charge in [-0.1, -0.05) is 48.7 Å². The highest BCUT2D eigenvalue weighted by molar-refractivity contribution is 8.07. The molecule has 0 saturated heterocycles. The van der Waals surface area contributed by atoms with Gasteiger partial charge in [0.1, 0.15) is 5.03 Å². The topological polar surface area (TPSA) is 24.7 Å². The Morgan fingerprint density at radius 1 is 1.26 bits per heavy atom. The molecule has 0 aromatic heterocycles. The second kappa shape index (κ2) is 5.27. The van der Waals surface area contributed by atoms with E-state index in [1.807, 2.05) is 36.4 Å². The maximum Gasteiger partial charge on any atom is 0.116 e. The van der Waals surface area contributed by atoms with Crippen molar-refractivity contribution < 1.29 is 0 Å². The Bertz CT molecular complexity index is 775. The van der Waals surface area contributed by atoms with Crippen molar-refractivity contribution in [2.45, 2.75) is 0 Å². The summed E-state index contributed by atoms with van der Waals surface area (Å²) in [5, 5.41) is 3.01. The normalized spacial score (nSPS) is 19.2. The van der Waals surface area contributed by atoms with Gasteiger partial charge in [-0.2, -0.15) is 4.99 Å². The third kappa shape index (κ3) is 2.68. The first-order valence-corrected chi connectivity index (χ1v) is 6.82. The maximum atomic E-state index is 4.67. The van der Waals surface area contributed by atoms with E-state index in [-0.39, 0.29) is 0 Å². The van der Waals surface area contributed by atoms with E-state index >= 15 is 0 Å². The lowest BCUT2D eigenvalue weighted by atomic mass is 10.2. The summed E-state index contributed by atoms with van der Waals surface area (Å²) in [4.78, 5) is 9.96. The van der Waals surface area contributed by atoms with Crippen LogP contribution in [0.15, 0.2) is 74.6 Å². The molecule has 1 aromatic rings. The SMILES string of the molecule is C=C1/C=c2/ccccc2=NCC2=C(N=C=CC=C2)S1. The summed E-state index contributed by atoms with van der Waals surface area (Å²) in [6, 6.07) is 8.10. The van der Waals surface area contributed by atoms with Crippen LogP contribution in [-0.4, -0.2) is 12.4 Å². The lowest BCUT2D eigenvalue weighted by molar-refractivity contribution is 1.08. The zero-order valence-corrected chi connectivity index (χ0v) is 11.2. The molecule has 19 heavy (non-hydrogen) atoms. The highest BCUT2D eigenvalue weighted by atomic mass is 32.2. The monoisotopic (exact) mass is 264 g/mol. The summed E-state index contributed by atoms with van der Waals surface area (Å²) in [7, 11) is 0. The number of allylic oxidation sites excluding steroid dienone is 3. The molecule has 3 rings (SSSR count). The number of nitrogens with zero attached hydrogens (tertiary/aromatic N) is 2. The van der Waals surface area contributed by atoms with Crippen LogP contribution in [0.25, 0.3) is 6.08 Å². The summed E-state index contributed by atoms with van der Waals surface area (Å²) >= 11 is 1.56. The van der Waals surface area contributed by atoms with Gasteiger partial charge in [-0.3, -0.25) is 4.99 Å². The highest BCUT2D eigenvalue weighted by Crippen LogP contribution is 2.30. The molecule has 0 radical (unpaired) electrons. The average Bonchev–Trinajstić information content (AvgIpc) is 2.59. The molecule has 2 aliphatic heterocycles. The summed E-state index contributed by atoms with van der Waals surface area (Å²) in [6.45, 7) is 4.71. The van der Waals surface area contributed by atoms with E-state index in [9.17, 15) is 0 Å². The molecule has 1 aromatic carbocycles. The molecule has 92 valence electrons. The summed E-state index contributed by atoms with van der Waals surface area (Å²) in [6.07, 6.45) is 7.84. The third-order valence-corrected chi connectivity index (χ3v) is 3.74. The predicted octanol–water partition coefficient (Wildman–Crippen LogP) is 2.35. The van der Waals surface area contributed by atoms with Crippen LogP contribution in [0, 0.1) is 0 Å². The van der Waals surface area contributed by atoms with Gasteiger partial charge in [0.25, 0.3) is 0 Å². The minimum Gasteiger partial charge on any atom is -0.280 e. The van der Waals surface area contributed by atoms with E-state index in [0.717, 1.165) is 26.1 Å². The van der Waals surface area contributed by atoms with Gasteiger partial charge < -0.3 is 0 Å². The van der Waals surface area contributed by atoms with Crippen LogP contribution in [0.4, 0.5) is 0 Å². The van der Waals surface area contributed by atoms with Crippen molar-refractivity contribution in [3.05, 3.63) is 75.2 Å². The first-order chi connectivity index (χ1) is 9.33. The van der Waals surface area contributed by atoms with Gasteiger partial charge in [-0.05, 0) is 24.1 Å². The fourth-order valence-corrected chi connectivity index (χ4v) is 2.70. The van der Waals surface area contributed by atoms with Crippen molar-refractivity contribution >= 4 is 23.7 Å². The van der Waals surface area contributed by atoms with Gasteiger partial charge in [-0.15, -0.1) is 0 Å². The number of fused-ring (bicyclic) bond motifs is 1. The molecule has 2 heterocycles. The predicted molar refractivity (Wildman–Crippen MR) is 81.5 cm³/mol. The van der Waals surface area contributed by atoms with Crippen LogP contribution in [0.5, 0.6) is 0 Å². The standard InChI is InChI=1S/C16H12N2S/c1-12-10-13-6-2-3-8-15(13)18-11-14-7-4-5-9-17-16(14)19-12/h2-8,10H,1,11H2/b13-10-,18-15?. The zero-order chi connectivity index (χ0) is 13.1. The number of benzene rings is 1. The fourth-order valence-electron chi connectivity index (χ4n) is 1.91. The van der Waals surface area contributed by atoms with Gasteiger partial charge in [0.2, 0.25) is 0 Å². The van der Waals surface area contributed by atoms with Crippen LogP contribution in [-0.2, 0) is 0 Å². The second-order valence-electron chi connectivity index (χ2n) is 4.18. The van der Waals surface area contributed by atoms with Crippen molar-refractivity contribution in [1.29, 1.82) is 0 Å². The van der Waals surface area contributed by atoms with Crippen molar-refractivity contribution in [2.75, 3.05) is 6.54 Å². The van der Waals surface area contributed by atoms with Crippen LogP contribution in [0.2, 0.25) is 0 Å². The van der Waals surface area contributed by atoms with Gasteiger partial charge in [-0.25, -0.2) is 0 Å². The van der Waals surface area contributed by atoms with Gasteiger partial charge >= 0.3 is 0 Å². The molecule has 0 atom stereocenters. The smallest absolute Gasteiger partial charge is 0.116 e. The molecule has 0 bridgehead atoms. The summed E-state index contributed by atoms with van der Waals surface area (Å²) in [5.41, 5.74) is 1.09. The van der Waals surface area contributed by atoms with Crippen molar-refractivity contribution in [3.8, 4) is 0 Å². The number of para-hydroxylation sites is 1. The second-order valence-corrected chi connectivity index (χ2v) is 5.30. The van der Waals surface area contributed by atoms with E-state index in [0.29, 0.717) is 6.54 Å². The van der Waals surface area contributed by atoms with E-state index in [2.05, 4.69) is 28.5 Å². The number of hydrogen-bond donors (Lipinski definition) is 0. The molecule has 2 aliphatic rings. The molecule has 0 spiro atoms. The van der Waals surface area contributed by atoms with Crippen LogP contribution < -0.4 is 10.6 Å². The molecule has 0 unspecified atom stereocenters. The maximum absolute atomic E-state index is 4.67. The molecular weight excluding hydrogens is 252 g/mol. The first kappa shape index (κ1) is 12.0. The third-order valence-electron chi connectivity index (χ3n) is 2.81. The average molecular weight is 264 g/mol. The number of aliphatic imine (C=N–C) groups is 1. The Hall–Kier alpha value is -2.09. The Labute approximate surface area is 116 Å². The van der Waals surface area contributed by atoms with Gasteiger partial charge in [0.05, 0.1) is 11.9 Å². The van der Waals surface area contributed by atoms with Gasteiger partial charge in [0.15, 0.2) is 0 Å². The molecule has 0 N–H and O–H groups in total. The minimum atomic E-state index is 0.621. The largest absolute Gasteiger partial charge is 0.280 e.